The first-order valence-corrected chi connectivity index (χ1v) is 8.76. The van der Waals surface area contributed by atoms with Crippen LogP contribution in [-0.4, -0.2) is 31.5 Å². The third kappa shape index (κ3) is 2.94. The molecule has 0 atom stereocenters. The van der Waals surface area contributed by atoms with Gasteiger partial charge in [0.05, 0.1) is 0 Å². The fraction of sp³-hybridized carbons (Fsp3) is 0.182. The number of rotatable bonds is 3. The van der Waals surface area contributed by atoms with Crippen LogP contribution in [0.15, 0.2) is 67.0 Å². The molecule has 4 rings (SSSR count). The lowest BCUT2D eigenvalue weighted by atomic mass is 10.0. The second-order valence-corrected chi connectivity index (χ2v) is 6.73. The Labute approximate surface area is 153 Å². The van der Waals surface area contributed by atoms with Gasteiger partial charge in [0.15, 0.2) is 0 Å². The maximum atomic E-state index is 12.9. The van der Waals surface area contributed by atoms with Crippen molar-refractivity contribution in [1.29, 1.82) is 0 Å². The Kier molecular flexibility index (Phi) is 4.17. The molecule has 1 amide bonds. The summed E-state index contributed by atoms with van der Waals surface area (Å²) in [6.45, 7) is 0.726. The normalized spacial score (nSPS) is 12.8. The van der Waals surface area contributed by atoms with Crippen LogP contribution < -0.4 is 9.80 Å². The molecule has 0 spiro atoms. The molecule has 1 aliphatic heterocycles. The monoisotopic (exact) mass is 343 g/mol. The number of aromatic nitrogens is 1. The number of carbonyl (C=O) groups is 1. The number of hydrogen-bond acceptors (Lipinski definition) is 3. The van der Waals surface area contributed by atoms with Crippen molar-refractivity contribution >= 4 is 17.3 Å². The Balaban J connectivity index is 1.60. The van der Waals surface area contributed by atoms with E-state index in [0.717, 1.165) is 41.0 Å². The van der Waals surface area contributed by atoms with E-state index in [4.69, 9.17) is 0 Å². The standard InChI is InChI=1S/C22H21N3O/c1-24(2)20-6-3-17(4-7-20)22(26)25-14-11-19-15-18(5-8-21(19)25)16-9-12-23-13-10-16/h3-10,12-13,15H,11,14H2,1-2H3. The molecule has 3 aromatic rings. The number of hydrogen-bond donors (Lipinski definition) is 0. The topological polar surface area (TPSA) is 36.4 Å². The Morgan fingerprint density at radius 1 is 0.962 bits per heavy atom. The highest BCUT2D eigenvalue weighted by molar-refractivity contribution is 6.07. The molecule has 0 aliphatic carbocycles. The molecular weight excluding hydrogens is 322 g/mol. The molecule has 26 heavy (non-hydrogen) atoms. The molecule has 0 saturated heterocycles. The van der Waals surface area contributed by atoms with Crippen LogP contribution >= 0.6 is 0 Å². The van der Waals surface area contributed by atoms with Crippen molar-refractivity contribution in [2.75, 3.05) is 30.4 Å². The van der Waals surface area contributed by atoms with E-state index in [-0.39, 0.29) is 5.91 Å². The lowest BCUT2D eigenvalue weighted by molar-refractivity contribution is 0.0989. The van der Waals surface area contributed by atoms with E-state index in [1.165, 1.54) is 5.56 Å². The van der Waals surface area contributed by atoms with Crippen LogP contribution in [0.5, 0.6) is 0 Å². The minimum absolute atomic E-state index is 0.0608. The van der Waals surface area contributed by atoms with Crippen molar-refractivity contribution in [2.24, 2.45) is 0 Å². The quantitative estimate of drug-likeness (QED) is 0.721. The van der Waals surface area contributed by atoms with E-state index >= 15 is 0 Å². The van der Waals surface area contributed by atoms with Gasteiger partial charge in [-0.1, -0.05) is 6.07 Å². The number of benzene rings is 2. The van der Waals surface area contributed by atoms with Crippen LogP contribution in [0.3, 0.4) is 0 Å². The van der Waals surface area contributed by atoms with Gasteiger partial charge >= 0.3 is 0 Å². The van der Waals surface area contributed by atoms with Crippen molar-refractivity contribution in [3.05, 3.63) is 78.1 Å². The lowest BCUT2D eigenvalue weighted by Gasteiger charge is -2.19. The van der Waals surface area contributed by atoms with Gasteiger partial charge in [-0.25, -0.2) is 0 Å². The fourth-order valence-corrected chi connectivity index (χ4v) is 3.39. The summed E-state index contributed by atoms with van der Waals surface area (Å²) in [5.41, 5.74) is 6.36. The van der Waals surface area contributed by atoms with E-state index in [1.54, 1.807) is 12.4 Å². The summed E-state index contributed by atoms with van der Waals surface area (Å²) in [7, 11) is 3.99. The average molecular weight is 343 g/mol. The fourth-order valence-electron chi connectivity index (χ4n) is 3.39. The third-order valence-corrected chi connectivity index (χ3v) is 4.86. The first kappa shape index (κ1) is 16.3. The molecule has 2 heterocycles. The number of carbonyl (C=O) groups excluding carboxylic acids is 1. The first-order valence-electron chi connectivity index (χ1n) is 8.76. The summed E-state index contributed by atoms with van der Waals surface area (Å²) in [6, 6.07) is 18.1. The van der Waals surface area contributed by atoms with E-state index in [1.807, 2.05) is 60.3 Å². The molecule has 0 bridgehead atoms. The van der Waals surface area contributed by atoms with Gasteiger partial charge in [-0.2, -0.15) is 0 Å². The summed E-state index contributed by atoms with van der Waals surface area (Å²) >= 11 is 0. The van der Waals surface area contributed by atoms with E-state index < -0.39 is 0 Å². The van der Waals surface area contributed by atoms with Gasteiger partial charge in [-0.15, -0.1) is 0 Å². The molecule has 130 valence electrons. The smallest absolute Gasteiger partial charge is 0.258 e. The molecule has 1 aliphatic rings. The number of fused-ring (bicyclic) bond motifs is 1. The molecule has 2 aromatic carbocycles. The van der Waals surface area contributed by atoms with Crippen LogP contribution in [0.25, 0.3) is 11.1 Å². The highest BCUT2D eigenvalue weighted by Gasteiger charge is 2.25. The maximum absolute atomic E-state index is 12.9. The molecule has 0 N–H and O–H groups in total. The molecule has 0 saturated carbocycles. The molecule has 4 heteroatoms. The second-order valence-electron chi connectivity index (χ2n) is 6.73. The summed E-state index contributed by atoms with van der Waals surface area (Å²) in [4.78, 5) is 20.9. The molecule has 1 aromatic heterocycles. The van der Waals surface area contributed by atoms with E-state index in [9.17, 15) is 4.79 Å². The van der Waals surface area contributed by atoms with Crippen LogP contribution in [0, 0.1) is 0 Å². The third-order valence-electron chi connectivity index (χ3n) is 4.86. The predicted octanol–water partition coefficient (Wildman–Crippen LogP) is 4.02. The molecule has 0 fully saturated rings. The summed E-state index contributed by atoms with van der Waals surface area (Å²) in [5.74, 6) is 0.0608. The molecule has 0 radical (unpaired) electrons. The lowest BCUT2D eigenvalue weighted by Crippen LogP contribution is -2.28. The minimum Gasteiger partial charge on any atom is -0.378 e. The number of pyridine rings is 1. The first-order chi connectivity index (χ1) is 12.6. The summed E-state index contributed by atoms with van der Waals surface area (Å²) < 4.78 is 0. The zero-order valence-electron chi connectivity index (χ0n) is 15.0. The van der Waals surface area contributed by atoms with Gasteiger partial charge in [0.1, 0.15) is 0 Å². The predicted molar refractivity (Wildman–Crippen MR) is 106 cm³/mol. The van der Waals surface area contributed by atoms with Gasteiger partial charge in [0, 0.05) is 50.0 Å². The van der Waals surface area contributed by atoms with Gasteiger partial charge < -0.3 is 9.80 Å². The zero-order chi connectivity index (χ0) is 18.1. The van der Waals surface area contributed by atoms with E-state index in [0.29, 0.717) is 0 Å². The summed E-state index contributed by atoms with van der Waals surface area (Å²) in [5, 5.41) is 0. The highest BCUT2D eigenvalue weighted by Crippen LogP contribution is 2.33. The van der Waals surface area contributed by atoms with Crippen LogP contribution in [0.4, 0.5) is 11.4 Å². The van der Waals surface area contributed by atoms with Crippen molar-refractivity contribution in [3.63, 3.8) is 0 Å². The summed E-state index contributed by atoms with van der Waals surface area (Å²) in [6.07, 6.45) is 4.49. The minimum atomic E-state index is 0.0608. The average Bonchev–Trinajstić information content (AvgIpc) is 3.11. The van der Waals surface area contributed by atoms with Gasteiger partial charge in [-0.05, 0) is 71.6 Å². The van der Waals surface area contributed by atoms with Crippen molar-refractivity contribution in [1.82, 2.24) is 4.98 Å². The largest absolute Gasteiger partial charge is 0.378 e. The number of anilines is 2. The van der Waals surface area contributed by atoms with Crippen LogP contribution in [0.1, 0.15) is 15.9 Å². The SMILES string of the molecule is CN(C)c1ccc(C(=O)N2CCc3cc(-c4ccncc4)ccc32)cc1. The number of amides is 1. The van der Waals surface area contributed by atoms with E-state index in [2.05, 4.69) is 23.2 Å². The molecular formula is C22H21N3O. The molecule has 0 unspecified atom stereocenters. The maximum Gasteiger partial charge on any atom is 0.258 e. The molecule has 4 nitrogen and oxygen atoms in total. The van der Waals surface area contributed by atoms with Gasteiger partial charge in [0.25, 0.3) is 5.91 Å². The van der Waals surface area contributed by atoms with Crippen molar-refractivity contribution in [2.45, 2.75) is 6.42 Å². The Morgan fingerprint density at radius 3 is 2.38 bits per heavy atom. The van der Waals surface area contributed by atoms with Crippen molar-refractivity contribution < 1.29 is 4.79 Å². The Morgan fingerprint density at radius 2 is 1.69 bits per heavy atom. The van der Waals surface area contributed by atoms with Gasteiger partial charge in [-0.3, -0.25) is 9.78 Å². The Bertz CT molecular complexity index is 933. The van der Waals surface area contributed by atoms with Crippen LogP contribution in [0.2, 0.25) is 0 Å². The zero-order valence-corrected chi connectivity index (χ0v) is 15.0. The second kappa shape index (κ2) is 6.64. The highest BCUT2D eigenvalue weighted by atomic mass is 16.2. The Hall–Kier alpha value is -3.14. The van der Waals surface area contributed by atoms with Crippen LogP contribution in [-0.2, 0) is 6.42 Å². The van der Waals surface area contributed by atoms with Crippen molar-refractivity contribution in [3.8, 4) is 11.1 Å². The van der Waals surface area contributed by atoms with Gasteiger partial charge in [0.2, 0.25) is 0 Å². The number of nitrogens with zero attached hydrogens (tertiary/aromatic N) is 3.